The van der Waals surface area contributed by atoms with Crippen LogP contribution in [0.15, 0.2) is 0 Å². The van der Waals surface area contributed by atoms with E-state index in [0.717, 1.165) is 43.4 Å². The first-order valence-electron chi connectivity index (χ1n) is 6.97. The van der Waals surface area contributed by atoms with Gasteiger partial charge in [0.1, 0.15) is 11.6 Å². The summed E-state index contributed by atoms with van der Waals surface area (Å²) in [5, 5.41) is 0. The molecule has 0 aromatic carbocycles. The lowest BCUT2D eigenvalue weighted by Gasteiger charge is -2.21. The highest BCUT2D eigenvalue weighted by molar-refractivity contribution is 5.42. The Labute approximate surface area is 110 Å². The summed E-state index contributed by atoms with van der Waals surface area (Å²) < 4.78 is 7.73. The maximum atomic E-state index is 6.32. The summed E-state index contributed by atoms with van der Waals surface area (Å²) in [6.45, 7) is 10.3. The second-order valence-corrected chi connectivity index (χ2v) is 5.77. The van der Waals surface area contributed by atoms with Crippen molar-refractivity contribution in [2.45, 2.75) is 58.4 Å². The predicted octanol–water partition coefficient (Wildman–Crippen LogP) is 3.06. The van der Waals surface area contributed by atoms with Crippen LogP contribution in [0.2, 0.25) is 0 Å². The zero-order chi connectivity index (χ0) is 13.3. The molecular weight excluding hydrogens is 226 g/mol. The molecule has 18 heavy (non-hydrogen) atoms. The lowest BCUT2D eigenvalue weighted by molar-refractivity contribution is 0.0795. The third-order valence-electron chi connectivity index (χ3n) is 3.58. The molecule has 0 amide bonds. The number of anilines is 1. The van der Waals surface area contributed by atoms with Gasteiger partial charge in [-0.2, -0.15) is 0 Å². The van der Waals surface area contributed by atoms with Crippen LogP contribution in [0.3, 0.4) is 0 Å². The Morgan fingerprint density at radius 2 is 2.06 bits per heavy atom. The molecule has 2 rings (SSSR count). The second kappa shape index (κ2) is 5.31. The topological polar surface area (TPSA) is 53.1 Å². The van der Waals surface area contributed by atoms with Gasteiger partial charge < -0.3 is 15.0 Å². The van der Waals surface area contributed by atoms with Gasteiger partial charge in [0.2, 0.25) is 0 Å². The summed E-state index contributed by atoms with van der Waals surface area (Å²) in [6, 6.07) is 0.355. The van der Waals surface area contributed by atoms with Crippen LogP contribution in [0.4, 0.5) is 5.82 Å². The number of rotatable bonds is 3. The second-order valence-electron chi connectivity index (χ2n) is 5.77. The number of nitrogens with two attached hydrogens (primary N) is 1. The van der Waals surface area contributed by atoms with Crippen molar-refractivity contribution in [3.63, 3.8) is 0 Å². The molecule has 1 aliphatic heterocycles. The normalized spacial score (nSPS) is 20.9. The van der Waals surface area contributed by atoms with Crippen molar-refractivity contribution in [2.75, 3.05) is 18.9 Å². The molecule has 0 radical (unpaired) electrons. The molecular formula is C14H25N3O. The van der Waals surface area contributed by atoms with Gasteiger partial charge in [0.25, 0.3) is 0 Å². The average molecular weight is 251 g/mol. The van der Waals surface area contributed by atoms with Crippen LogP contribution in [-0.2, 0) is 4.74 Å². The zero-order valence-electron chi connectivity index (χ0n) is 11.9. The summed E-state index contributed by atoms with van der Waals surface area (Å²) in [5.41, 5.74) is 7.37. The third-order valence-corrected chi connectivity index (χ3v) is 3.58. The molecule has 1 aromatic rings. The number of hydrogen-bond donors (Lipinski definition) is 1. The molecule has 4 heteroatoms. The zero-order valence-corrected chi connectivity index (χ0v) is 11.9. The molecule has 1 saturated heterocycles. The molecule has 1 atom stereocenters. The van der Waals surface area contributed by atoms with Crippen LogP contribution in [0.25, 0.3) is 0 Å². The number of ether oxygens (including phenoxy) is 1. The van der Waals surface area contributed by atoms with Crippen LogP contribution >= 0.6 is 0 Å². The molecule has 1 aromatic heterocycles. The first-order valence-corrected chi connectivity index (χ1v) is 6.97. The van der Waals surface area contributed by atoms with Crippen molar-refractivity contribution >= 4 is 5.82 Å². The summed E-state index contributed by atoms with van der Waals surface area (Å²) in [5.74, 6) is 2.71. The van der Waals surface area contributed by atoms with E-state index in [1.54, 1.807) is 0 Å². The van der Waals surface area contributed by atoms with Gasteiger partial charge in [-0.15, -0.1) is 0 Å². The molecule has 2 heterocycles. The first-order chi connectivity index (χ1) is 8.52. The minimum atomic E-state index is 0.355. The number of aromatic nitrogens is 2. The van der Waals surface area contributed by atoms with E-state index >= 15 is 0 Å². The SMILES string of the molecule is CC(C)c1nc(C2CCCOC2)c(N)n1C(C)C. The Bertz CT molecular complexity index is 403. The minimum Gasteiger partial charge on any atom is -0.384 e. The molecule has 0 spiro atoms. The number of nitrogens with zero attached hydrogens (tertiary/aromatic N) is 2. The van der Waals surface area contributed by atoms with Crippen molar-refractivity contribution in [3.8, 4) is 0 Å². The molecule has 2 N–H and O–H groups in total. The fourth-order valence-corrected chi connectivity index (χ4v) is 2.69. The summed E-state index contributed by atoms with van der Waals surface area (Å²) in [4.78, 5) is 4.81. The summed E-state index contributed by atoms with van der Waals surface area (Å²) in [6.07, 6.45) is 2.24. The van der Waals surface area contributed by atoms with Crippen LogP contribution in [0, 0.1) is 0 Å². The lowest BCUT2D eigenvalue weighted by Crippen LogP contribution is -2.17. The van der Waals surface area contributed by atoms with Gasteiger partial charge in [-0.05, 0) is 26.7 Å². The first kappa shape index (κ1) is 13.4. The largest absolute Gasteiger partial charge is 0.384 e. The number of hydrogen-bond acceptors (Lipinski definition) is 3. The highest BCUT2D eigenvalue weighted by atomic mass is 16.5. The van der Waals surface area contributed by atoms with Gasteiger partial charge in [-0.3, -0.25) is 0 Å². The smallest absolute Gasteiger partial charge is 0.127 e. The van der Waals surface area contributed by atoms with Crippen LogP contribution in [-0.4, -0.2) is 22.8 Å². The van der Waals surface area contributed by atoms with Gasteiger partial charge in [-0.1, -0.05) is 13.8 Å². The third kappa shape index (κ3) is 2.39. The van der Waals surface area contributed by atoms with Gasteiger partial charge in [-0.25, -0.2) is 4.98 Å². The maximum Gasteiger partial charge on any atom is 0.127 e. The van der Waals surface area contributed by atoms with Gasteiger partial charge in [0.05, 0.1) is 12.3 Å². The highest BCUT2D eigenvalue weighted by Gasteiger charge is 2.26. The fourth-order valence-electron chi connectivity index (χ4n) is 2.69. The maximum absolute atomic E-state index is 6.32. The van der Waals surface area contributed by atoms with E-state index in [-0.39, 0.29) is 0 Å². The molecule has 1 aliphatic rings. The van der Waals surface area contributed by atoms with Gasteiger partial charge in [0.15, 0.2) is 0 Å². The Hall–Kier alpha value is -1.03. The quantitative estimate of drug-likeness (QED) is 0.898. The summed E-state index contributed by atoms with van der Waals surface area (Å²) >= 11 is 0. The standard InChI is InChI=1S/C14H25N3O/c1-9(2)14-16-12(11-6-5-7-18-8-11)13(15)17(14)10(3)4/h9-11H,5-8,15H2,1-4H3. The van der Waals surface area contributed by atoms with Crippen LogP contribution in [0.5, 0.6) is 0 Å². The van der Waals surface area contributed by atoms with E-state index in [1.165, 1.54) is 0 Å². The Morgan fingerprint density at radius 3 is 2.50 bits per heavy atom. The van der Waals surface area contributed by atoms with E-state index in [9.17, 15) is 0 Å². The lowest BCUT2D eigenvalue weighted by atomic mass is 9.98. The fraction of sp³-hybridized carbons (Fsp3) is 0.786. The minimum absolute atomic E-state index is 0.355. The van der Waals surface area contributed by atoms with Crippen molar-refractivity contribution in [1.82, 2.24) is 9.55 Å². The summed E-state index contributed by atoms with van der Waals surface area (Å²) in [7, 11) is 0. The highest BCUT2D eigenvalue weighted by Crippen LogP contribution is 2.33. The Morgan fingerprint density at radius 1 is 1.33 bits per heavy atom. The average Bonchev–Trinajstić information content (AvgIpc) is 2.68. The van der Waals surface area contributed by atoms with E-state index in [4.69, 9.17) is 15.5 Å². The monoisotopic (exact) mass is 251 g/mol. The van der Waals surface area contributed by atoms with Gasteiger partial charge >= 0.3 is 0 Å². The van der Waals surface area contributed by atoms with Crippen LogP contribution in [0.1, 0.15) is 69.9 Å². The van der Waals surface area contributed by atoms with Crippen molar-refractivity contribution in [3.05, 3.63) is 11.5 Å². The molecule has 1 unspecified atom stereocenters. The molecule has 4 nitrogen and oxygen atoms in total. The van der Waals surface area contributed by atoms with Crippen molar-refractivity contribution in [2.24, 2.45) is 0 Å². The molecule has 0 saturated carbocycles. The predicted molar refractivity (Wildman–Crippen MR) is 73.9 cm³/mol. The number of nitrogen functional groups attached to an aromatic ring is 1. The molecule has 0 bridgehead atoms. The Balaban J connectivity index is 2.39. The molecule has 102 valence electrons. The Kier molecular flexibility index (Phi) is 3.95. The molecule has 0 aliphatic carbocycles. The van der Waals surface area contributed by atoms with Gasteiger partial charge in [0, 0.05) is 24.5 Å². The van der Waals surface area contributed by atoms with Crippen molar-refractivity contribution in [1.29, 1.82) is 0 Å². The van der Waals surface area contributed by atoms with E-state index in [2.05, 4.69) is 32.3 Å². The van der Waals surface area contributed by atoms with E-state index in [1.807, 2.05) is 0 Å². The number of imidazole rings is 1. The van der Waals surface area contributed by atoms with Crippen molar-refractivity contribution < 1.29 is 4.74 Å². The van der Waals surface area contributed by atoms with E-state index < -0.39 is 0 Å². The molecule has 1 fully saturated rings. The van der Waals surface area contributed by atoms with E-state index in [0.29, 0.717) is 17.9 Å². The van der Waals surface area contributed by atoms with Crippen LogP contribution < -0.4 is 5.73 Å².